The molecule has 0 radical (unpaired) electrons. The molecular weight excluding hydrogens is 1660 g/mol. The lowest BCUT2D eigenvalue weighted by molar-refractivity contribution is -0.138. The molecular formula is C78H126N32O17. The number of unbranched alkanes of at least 4 members (excludes halogenated alkanes) is 3. The molecule has 127 heavy (non-hydrogen) atoms. The van der Waals surface area contributed by atoms with Gasteiger partial charge in [0.2, 0.25) is 59.2 Å². The quantitative estimate of drug-likeness (QED) is 0.0158. The van der Waals surface area contributed by atoms with E-state index >= 15 is 0 Å². The van der Waals surface area contributed by atoms with Crippen molar-refractivity contribution in [1.82, 2.24) is 115 Å². The minimum absolute atomic E-state index is 0.0222. The first-order valence-electron chi connectivity index (χ1n) is 42.1. The molecule has 1 unspecified atom stereocenters. The molecule has 700 valence electrons. The van der Waals surface area contributed by atoms with Crippen molar-refractivity contribution in [3.05, 3.63) is 88.7 Å². The number of nitrogens with zero attached hydrogens (tertiary/aromatic N) is 13. The molecule has 0 aliphatic heterocycles. The van der Waals surface area contributed by atoms with E-state index in [1.165, 1.54) is 53.4 Å². The predicted octanol–water partition coefficient (Wildman–Crippen LogP) is -8.57. The molecule has 6 rings (SSSR count). The summed E-state index contributed by atoms with van der Waals surface area (Å²) in [6, 6.07) is -3.59. The summed E-state index contributed by atoms with van der Waals surface area (Å²) in [7, 11) is 0. The van der Waals surface area contributed by atoms with E-state index in [1.54, 1.807) is 27.7 Å². The van der Waals surface area contributed by atoms with E-state index in [0.29, 0.717) is 83.8 Å². The Bertz CT molecular complexity index is 5110. The molecule has 6 aromatic heterocycles. The van der Waals surface area contributed by atoms with Gasteiger partial charge in [0, 0.05) is 70.3 Å². The molecule has 28 N–H and O–H groups in total. The number of amides is 8. The monoisotopic (exact) mass is 1780 g/mol. The smallest absolute Gasteiger partial charge is 0.349 e. The molecule has 6 atom stereocenters. The van der Waals surface area contributed by atoms with Gasteiger partial charge in [-0.25, -0.2) is 19.6 Å². The summed E-state index contributed by atoms with van der Waals surface area (Å²) in [5.74, 6) is -9.31. The highest BCUT2D eigenvalue weighted by Crippen LogP contribution is 2.20. The van der Waals surface area contributed by atoms with E-state index in [4.69, 9.17) is 51.6 Å². The average molecular weight is 1780 g/mol. The van der Waals surface area contributed by atoms with Crippen molar-refractivity contribution in [1.29, 1.82) is 0 Å². The van der Waals surface area contributed by atoms with Crippen molar-refractivity contribution in [2.45, 2.75) is 193 Å². The number of carbonyl (C=O) groups is 12. The molecule has 49 nitrogen and oxygen atoms in total. The number of rotatable bonds is 59. The zero-order valence-corrected chi connectivity index (χ0v) is 73.1. The van der Waals surface area contributed by atoms with Crippen LogP contribution < -0.4 is 117 Å². The van der Waals surface area contributed by atoms with Crippen LogP contribution in [0.5, 0.6) is 0 Å². The number of ketones is 4. The number of hydrogen-bond acceptors (Lipinski definition) is 34. The van der Waals surface area contributed by atoms with Crippen LogP contribution >= 0.6 is 0 Å². The zero-order chi connectivity index (χ0) is 94.0. The van der Waals surface area contributed by atoms with Gasteiger partial charge < -0.3 is 107 Å². The van der Waals surface area contributed by atoms with Crippen LogP contribution in [0.25, 0.3) is 22.3 Å². The maximum atomic E-state index is 14.9. The molecule has 6 aromatic rings. The Labute approximate surface area is 730 Å². The number of anilines is 3. The van der Waals surface area contributed by atoms with Crippen LogP contribution in [0.2, 0.25) is 0 Å². The number of Topliss-reactive ketones (excluding diaryl/α,β-unsaturated/α-hetero) is 4. The highest BCUT2D eigenvalue weighted by molar-refractivity contribution is 5.97. The first-order valence-corrected chi connectivity index (χ1v) is 42.1. The lowest BCUT2D eigenvalue weighted by atomic mass is 9.89. The van der Waals surface area contributed by atoms with Crippen LogP contribution in [-0.4, -0.2) is 301 Å². The molecule has 0 bridgehead atoms. The summed E-state index contributed by atoms with van der Waals surface area (Å²) in [5, 5.41) is 20.1. The SMILES string of the molecule is CCC(NCCN(CC(=O)NCCN(CC(=O)NCCN(CC(=O)C(C)(C)N[C@H](C(=O)NCC(=O)[C@@H](CCCCN)NC(C)(C)C(=O)[C@H](N)CCCCN)[C@H](C)CCCN)C(=O)Cn1cnc2c(=O)[nH]c(N)nc21)C(=O)Cn1cc(C)c(=O)[nH]c1=O)C(=O)Cn1ccc(N)nc1=O)C(=O)CN(CCNC(=O)[C@@H](N)CCCCN)C(=O)Cn1cnc2c(=O)[nH]c(N)nc21. The van der Waals surface area contributed by atoms with Gasteiger partial charge in [-0.1, -0.05) is 33.1 Å². The van der Waals surface area contributed by atoms with Crippen LogP contribution in [0.3, 0.4) is 0 Å². The van der Waals surface area contributed by atoms with Crippen molar-refractivity contribution < 1.29 is 57.5 Å². The van der Waals surface area contributed by atoms with Crippen molar-refractivity contribution in [2.75, 3.05) is 128 Å². The Kier molecular flexibility index (Phi) is 40.9. The van der Waals surface area contributed by atoms with E-state index in [9.17, 15) is 81.5 Å². The first-order chi connectivity index (χ1) is 60.1. The van der Waals surface area contributed by atoms with E-state index < -0.39 is 225 Å². The van der Waals surface area contributed by atoms with Gasteiger partial charge >= 0.3 is 11.4 Å². The van der Waals surface area contributed by atoms with Crippen molar-refractivity contribution in [3.63, 3.8) is 0 Å². The van der Waals surface area contributed by atoms with Gasteiger partial charge in [-0.15, -0.1) is 0 Å². The second-order valence-corrected chi connectivity index (χ2v) is 32.1. The predicted molar refractivity (Wildman–Crippen MR) is 469 cm³/mol. The Morgan fingerprint density at radius 3 is 1.48 bits per heavy atom. The van der Waals surface area contributed by atoms with Gasteiger partial charge in [0.15, 0.2) is 45.5 Å². The van der Waals surface area contributed by atoms with Gasteiger partial charge in [0.25, 0.3) is 16.7 Å². The number of nitrogen functional groups attached to an aromatic ring is 3. The third-order valence-corrected chi connectivity index (χ3v) is 21.2. The second-order valence-electron chi connectivity index (χ2n) is 32.1. The molecule has 0 fully saturated rings. The number of aromatic nitrogens is 12. The number of imidazole rings is 2. The highest BCUT2D eigenvalue weighted by atomic mass is 16.2. The van der Waals surface area contributed by atoms with E-state index in [0.717, 1.165) is 36.4 Å². The highest BCUT2D eigenvalue weighted by Gasteiger charge is 2.40. The van der Waals surface area contributed by atoms with Gasteiger partial charge in [0.1, 0.15) is 32.0 Å². The number of nitrogens with one attached hydrogen (secondary N) is 10. The molecule has 0 saturated carbocycles. The fourth-order valence-corrected chi connectivity index (χ4v) is 13.7. The lowest BCUT2D eigenvalue weighted by Crippen LogP contribution is -2.62. The van der Waals surface area contributed by atoms with Gasteiger partial charge in [0.05, 0.1) is 86.7 Å². The molecule has 0 aliphatic carbocycles. The third-order valence-electron chi connectivity index (χ3n) is 21.2. The van der Waals surface area contributed by atoms with Crippen LogP contribution in [-0.2, 0) is 83.7 Å². The summed E-state index contributed by atoms with van der Waals surface area (Å²) >= 11 is 0. The number of aromatic amines is 3. The average Bonchev–Trinajstić information content (AvgIpc) is 1.65. The van der Waals surface area contributed by atoms with Crippen molar-refractivity contribution >= 4 is 110 Å². The number of fused-ring (bicyclic) bond motifs is 2. The van der Waals surface area contributed by atoms with Crippen LogP contribution in [0.15, 0.2) is 55.1 Å². The molecule has 0 spiro atoms. The third kappa shape index (κ3) is 32.0. The van der Waals surface area contributed by atoms with Crippen molar-refractivity contribution in [3.8, 4) is 0 Å². The summed E-state index contributed by atoms with van der Waals surface area (Å²) in [6.07, 6.45) is 10.2. The number of nitrogens with two attached hydrogens (primary N) is 9. The number of H-pyrrole nitrogens is 3. The summed E-state index contributed by atoms with van der Waals surface area (Å²) in [5.41, 5.74) is 45.5. The summed E-state index contributed by atoms with van der Waals surface area (Å²) in [4.78, 5) is 266. The lowest BCUT2D eigenvalue weighted by Gasteiger charge is -2.35. The number of hydrogen-bond donors (Lipinski definition) is 19. The summed E-state index contributed by atoms with van der Waals surface area (Å²) in [6.45, 7) is 4.00. The maximum absolute atomic E-state index is 14.9. The molecule has 0 aromatic carbocycles. The number of carbonyl (C=O) groups excluding carboxylic acids is 12. The molecule has 0 aliphatic rings. The minimum atomic E-state index is -1.67. The van der Waals surface area contributed by atoms with Gasteiger partial charge in [-0.2, -0.15) is 15.0 Å². The standard InChI is InChI=1S/C78H126N32O17/c1-8-50(53(112)36-103(33-28-91-69(122)49(84)18-10-13-22-80)60(118)42-109-44-93-63-66(109)96-73(86)98-71(63)124)88-25-30-105(58(116)40-107-29-20-55(85)95-75(107)126)38-56(114)90-27-32-106(59(117)41-108-35-47(3)68(121)100-76(108)127)39-57(115)89-26-31-104(61(119)43-110-45-94-64-67(110)97-74(87)99-72(64)125)37-54(113)77(4,5)102-62(46(2)16-15-24-82)70(123)92-34-52(111)51(19-11-14-23-81)101-78(6,7)65(120)48(83)17-9-12-21-79/h20,29,35,44-46,48-51,62,88,101-102H,8-19,21-28,30-34,36-43,79-84H2,1-7H3,(H,89,115)(H,90,114)(H,91,122)(H,92,123)(H2,85,95,126)(H,100,121,127)(H3,86,96,98,124)(H3,87,97,99,125)/t46-,48-,49+,50?,51-,62+/m1/s1. The van der Waals surface area contributed by atoms with Crippen molar-refractivity contribution in [2.24, 2.45) is 40.3 Å². The maximum Gasteiger partial charge on any atom is 0.349 e. The Morgan fingerprint density at radius 2 is 0.969 bits per heavy atom. The molecule has 0 saturated heterocycles. The zero-order valence-electron chi connectivity index (χ0n) is 73.1. The fraction of sp³-hybridized carbons (Fsp3) is 0.615. The van der Waals surface area contributed by atoms with Crippen LogP contribution in [0, 0.1) is 12.8 Å². The molecule has 8 amide bonds. The normalized spacial score (nSPS) is 13.1. The van der Waals surface area contributed by atoms with Crippen LogP contribution in [0.4, 0.5) is 17.7 Å². The number of aryl methyl sites for hydroxylation is 1. The van der Waals surface area contributed by atoms with E-state index in [2.05, 4.69) is 77.1 Å². The molecule has 6 heterocycles. The Balaban J connectivity index is 1.20. The van der Waals surface area contributed by atoms with E-state index in [-0.39, 0.29) is 97.0 Å². The minimum Gasteiger partial charge on any atom is -0.383 e. The Hall–Kier alpha value is -12.3. The van der Waals surface area contributed by atoms with Crippen LogP contribution in [0.1, 0.15) is 124 Å². The fourth-order valence-electron chi connectivity index (χ4n) is 13.7. The largest absolute Gasteiger partial charge is 0.383 e. The van der Waals surface area contributed by atoms with E-state index in [1.807, 2.05) is 0 Å². The first kappa shape index (κ1) is 104. The van der Waals surface area contributed by atoms with Gasteiger partial charge in [-0.05, 0) is 131 Å². The van der Waals surface area contributed by atoms with Gasteiger partial charge in [-0.3, -0.25) is 107 Å². The summed E-state index contributed by atoms with van der Waals surface area (Å²) < 4.78 is 4.27. The topological polar surface area (TPSA) is 753 Å². The Morgan fingerprint density at radius 1 is 0.496 bits per heavy atom. The molecule has 49 heteroatoms. The second kappa shape index (κ2) is 50.2.